The second-order valence-electron chi connectivity index (χ2n) is 8.09. The first-order chi connectivity index (χ1) is 16.0. The van der Waals surface area contributed by atoms with Gasteiger partial charge in [-0.3, -0.25) is 9.10 Å². The predicted molar refractivity (Wildman–Crippen MR) is 125 cm³/mol. The zero-order chi connectivity index (χ0) is 24.6. The number of carbonyl (C=O) groups excluding carboxylic acids is 2. The lowest BCUT2D eigenvalue weighted by Crippen LogP contribution is -2.27. The summed E-state index contributed by atoms with van der Waals surface area (Å²) in [6.45, 7) is 5.26. The van der Waals surface area contributed by atoms with E-state index in [1.54, 1.807) is 25.1 Å². The molecule has 1 amide bonds. The van der Waals surface area contributed by atoms with Gasteiger partial charge in [0.05, 0.1) is 23.2 Å². The van der Waals surface area contributed by atoms with Crippen molar-refractivity contribution in [2.75, 3.05) is 29.0 Å². The van der Waals surface area contributed by atoms with Crippen LogP contribution in [0, 0.1) is 20.8 Å². The van der Waals surface area contributed by atoms with Gasteiger partial charge in [-0.05, 0) is 57.0 Å². The summed E-state index contributed by atoms with van der Waals surface area (Å²) in [5, 5.41) is 7.01. The van der Waals surface area contributed by atoms with E-state index < -0.39 is 28.5 Å². The number of aryl methyl sites for hydroxylation is 3. The molecule has 4 rings (SSSR count). The molecule has 1 aliphatic rings. The van der Waals surface area contributed by atoms with Gasteiger partial charge in [0.25, 0.3) is 11.9 Å². The summed E-state index contributed by atoms with van der Waals surface area (Å²) < 4.78 is 31.6. The van der Waals surface area contributed by atoms with Crippen LogP contribution in [0.4, 0.5) is 11.5 Å². The van der Waals surface area contributed by atoms with Crippen LogP contribution in [0.1, 0.15) is 33.0 Å². The van der Waals surface area contributed by atoms with Crippen LogP contribution in [0.25, 0.3) is 5.95 Å². The largest absolute Gasteiger partial charge is 0.452 e. The fraction of sp³-hybridized carbons (Fsp3) is 0.318. The lowest BCUT2D eigenvalue weighted by molar-refractivity contribution is -0.119. The molecule has 0 atom stereocenters. The minimum Gasteiger partial charge on any atom is -0.452 e. The van der Waals surface area contributed by atoms with Gasteiger partial charge in [0.2, 0.25) is 10.0 Å². The Hall–Kier alpha value is -3.80. The zero-order valence-corrected chi connectivity index (χ0v) is 20.0. The van der Waals surface area contributed by atoms with Crippen molar-refractivity contribution in [1.82, 2.24) is 19.7 Å². The van der Waals surface area contributed by atoms with E-state index in [9.17, 15) is 18.0 Å². The highest BCUT2D eigenvalue weighted by atomic mass is 32.2. The number of hydrogen-bond donors (Lipinski definition) is 1. The Balaban J connectivity index is 1.42. The van der Waals surface area contributed by atoms with Crippen molar-refractivity contribution >= 4 is 33.4 Å². The van der Waals surface area contributed by atoms with Crippen molar-refractivity contribution < 1.29 is 22.7 Å². The molecule has 0 saturated carbocycles. The first-order valence-electron chi connectivity index (χ1n) is 10.5. The van der Waals surface area contributed by atoms with Gasteiger partial charge in [-0.1, -0.05) is 0 Å². The molecule has 0 radical (unpaired) electrons. The number of nitrogens with zero attached hydrogens (tertiary/aromatic N) is 5. The Morgan fingerprint density at radius 1 is 1.06 bits per heavy atom. The number of fused-ring (bicyclic) bond motifs is 1. The van der Waals surface area contributed by atoms with Crippen molar-refractivity contribution in [3.63, 3.8) is 0 Å². The Labute approximate surface area is 196 Å². The van der Waals surface area contributed by atoms with E-state index in [-0.39, 0.29) is 5.56 Å². The van der Waals surface area contributed by atoms with E-state index in [1.807, 2.05) is 19.9 Å². The van der Waals surface area contributed by atoms with Gasteiger partial charge < -0.3 is 10.1 Å². The van der Waals surface area contributed by atoms with Crippen LogP contribution >= 0.6 is 0 Å². The maximum absolute atomic E-state index is 12.5. The Morgan fingerprint density at radius 3 is 2.44 bits per heavy atom. The lowest BCUT2D eigenvalue weighted by Gasteiger charge is -2.16. The van der Waals surface area contributed by atoms with Gasteiger partial charge >= 0.3 is 5.97 Å². The number of benzene rings is 1. The highest BCUT2D eigenvalue weighted by Crippen LogP contribution is 2.30. The Morgan fingerprint density at radius 2 is 1.76 bits per heavy atom. The van der Waals surface area contributed by atoms with Crippen LogP contribution in [0.15, 0.2) is 30.3 Å². The molecule has 3 heterocycles. The minimum absolute atomic E-state index is 0.242. The molecule has 34 heavy (non-hydrogen) atoms. The molecule has 0 fully saturated rings. The normalized spacial score (nSPS) is 13.0. The van der Waals surface area contributed by atoms with Gasteiger partial charge in [-0.15, -0.1) is 0 Å². The maximum atomic E-state index is 12.5. The standard InChI is InChI=1S/C22H24N6O5S/c1-13-9-14(2)24-22(23-13)28-19(10-15(3)26-28)25-20(29)12-33-21(30)17-5-6-18-16(11-17)7-8-27(18)34(4,31)32/h5-6,9-11H,7-8,12H2,1-4H3,(H,25,29). The summed E-state index contributed by atoms with van der Waals surface area (Å²) in [6.07, 6.45) is 1.64. The van der Waals surface area contributed by atoms with E-state index in [0.717, 1.165) is 23.2 Å². The van der Waals surface area contributed by atoms with Gasteiger partial charge in [0.1, 0.15) is 5.82 Å². The second kappa shape index (κ2) is 8.86. The number of aromatic nitrogens is 4. The summed E-state index contributed by atoms with van der Waals surface area (Å²) in [7, 11) is -3.38. The van der Waals surface area contributed by atoms with Gasteiger partial charge in [0, 0.05) is 24.0 Å². The molecular formula is C22H24N6O5S. The van der Waals surface area contributed by atoms with Crippen LogP contribution < -0.4 is 9.62 Å². The molecule has 0 unspecified atom stereocenters. The number of esters is 1. The summed E-state index contributed by atoms with van der Waals surface area (Å²) in [5.41, 5.74) is 3.70. The highest BCUT2D eigenvalue weighted by molar-refractivity contribution is 7.92. The molecular weight excluding hydrogens is 460 g/mol. The third-order valence-corrected chi connectivity index (χ3v) is 6.34. The zero-order valence-electron chi connectivity index (χ0n) is 19.2. The highest BCUT2D eigenvalue weighted by Gasteiger charge is 2.27. The average molecular weight is 485 g/mol. The number of ether oxygens (including phenoxy) is 1. The molecule has 12 heteroatoms. The van der Waals surface area contributed by atoms with Crippen LogP contribution in [-0.2, 0) is 26.0 Å². The number of rotatable bonds is 6. The molecule has 1 aliphatic heterocycles. The van der Waals surface area contributed by atoms with Crippen molar-refractivity contribution in [3.8, 4) is 5.95 Å². The van der Waals surface area contributed by atoms with Crippen LogP contribution in [0.2, 0.25) is 0 Å². The lowest BCUT2D eigenvalue weighted by atomic mass is 10.1. The number of sulfonamides is 1. The average Bonchev–Trinajstić information content (AvgIpc) is 3.33. The van der Waals surface area contributed by atoms with Gasteiger partial charge in [-0.2, -0.15) is 9.78 Å². The smallest absolute Gasteiger partial charge is 0.338 e. The van der Waals surface area contributed by atoms with Gasteiger partial charge in [-0.25, -0.2) is 23.2 Å². The summed E-state index contributed by atoms with van der Waals surface area (Å²) >= 11 is 0. The SMILES string of the molecule is Cc1cc(C)nc(-n2nc(C)cc2NC(=O)COC(=O)c2ccc3c(c2)CCN3S(C)(=O)=O)n1. The number of amides is 1. The van der Waals surface area contributed by atoms with Gasteiger partial charge in [0.15, 0.2) is 6.61 Å². The van der Waals surface area contributed by atoms with E-state index >= 15 is 0 Å². The Bertz CT molecular complexity index is 1380. The molecule has 2 aromatic heterocycles. The van der Waals surface area contributed by atoms with Crippen LogP contribution in [0.5, 0.6) is 0 Å². The second-order valence-corrected chi connectivity index (χ2v) is 9.99. The number of anilines is 2. The van der Waals surface area contributed by atoms with Crippen molar-refractivity contribution in [3.05, 3.63) is 58.5 Å². The quantitative estimate of drug-likeness (QED) is 0.522. The first kappa shape index (κ1) is 23.4. The van der Waals surface area contributed by atoms with E-state index in [1.165, 1.54) is 15.1 Å². The fourth-order valence-electron chi connectivity index (χ4n) is 3.78. The van der Waals surface area contributed by atoms with Crippen LogP contribution in [0.3, 0.4) is 0 Å². The van der Waals surface area contributed by atoms with Crippen LogP contribution in [-0.4, -0.2) is 59.5 Å². The molecule has 1 aromatic carbocycles. The number of nitrogens with one attached hydrogen (secondary N) is 1. The molecule has 178 valence electrons. The molecule has 11 nitrogen and oxygen atoms in total. The van der Waals surface area contributed by atoms with E-state index in [0.29, 0.717) is 36.1 Å². The first-order valence-corrected chi connectivity index (χ1v) is 12.3. The molecule has 0 saturated heterocycles. The predicted octanol–water partition coefficient (Wildman–Crippen LogP) is 1.71. The molecule has 0 bridgehead atoms. The monoisotopic (exact) mass is 484 g/mol. The summed E-state index contributed by atoms with van der Waals surface area (Å²) in [6, 6.07) is 8.14. The minimum atomic E-state index is -3.38. The third kappa shape index (κ3) is 4.91. The van der Waals surface area contributed by atoms with E-state index in [2.05, 4.69) is 20.4 Å². The topological polar surface area (TPSA) is 136 Å². The molecule has 3 aromatic rings. The molecule has 1 N–H and O–H groups in total. The van der Waals surface area contributed by atoms with Crippen molar-refractivity contribution in [2.24, 2.45) is 0 Å². The Kier molecular flexibility index (Phi) is 6.09. The fourth-order valence-corrected chi connectivity index (χ4v) is 4.74. The molecule has 0 spiro atoms. The third-order valence-electron chi connectivity index (χ3n) is 5.16. The number of hydrogen-bond acceptors (Lipinski definition) is 8. The van der Waals surface area contributed by atoms with Crippen molar-refractivity contribution in [1.29, 1.82) is 0 Å². The number of carbonyl (C=O) groups is 2. The van der Waals surface area contributed by atoms with Crippen molar-refractivity contribution in [2.45, 2.75) is 27.2 Å². The van der Waals surface area contributed by atoms with E-state index in [4.69, 9.17) is 4.74 Å². The summed E-state index contributed by atoms with van der Waals surface area (Å²) in [5.74, 6) is -0.567. The maximum Gasteiger partial charge on any atom is 0.338 e. The molecule has 0 aliphatic carbocycles. The summed E-state index contributed by atoms with van der Waals surface area (Å²) in [4.78, 5) is 33.7.